The number of aromatic nitrogens is 2. The van der Waals surface area contributed by atoms with Gasteiger partial charge < -0.3 is 9.84 Å². The number of phenolic OH excluding ortho intramolecular Hbond substituents is 1. The molecule has 0 spiro atoms. The van der Waals surface area contributed by atoms with E-state index in [1.165, 1.54) is 4.68 Å². The number of nitrogens with zero attached hydrogens (tertiary/aromatic N) is 3. The molecule has 0 saturated carbocycles. The SMILES string of the molecule is O=c1c(-c2ccc(O)cc2)ccnn1CCCCN1CCOCC1. The number of aryl methyl sites for hydroxylation is 1. The second-order valence-electron chi connectivity index (χ2n) is 5.98. The van der Waals surface area contributed by atoms with Crippen LogP contribution in [0.25, 0.3) is 11.1 Å². The standard InChI is InChI=1S/C18H23N3O3/c22-16-5-3-15(4-6-16)17-7-8-19-21(18(17)23)10-2-1-9-20-11-13-24-14-12-20/h3-8,22H,1-2,9-14H2. The van der Waals surface area contributed by atoms with E-state index in [-0.39, 0.29) is 11.3 Å². The predicted octanol–water partition coefficient (Wildman–Crippen LogP) is 1.73. The van der Waals surface area contributed by atoms with E-state index >= 15 is 0 Å². The van der Waals surface area contributed by atoms with Gasteiger partial charge in [0, 0.05) is 25.8 Å². The first-order valence-corrected chi connectivity index (χ1v) is 8.40. The molecule has 6 nitrogen and oxygen atoms in total. The first-order chi connectivity index (χ1) is 11.7. The van der Waals surface area contributed by atoms with Gasteiger partial charge in [-0.1, -0.05) is 12.1 Å². The van der Waals surface area contributed by atoms with Crippen LogP contribution >= 0.6 is 0 Å². The van der Waals surface area contributed by atoms with Crippen LogP contribution in [0.15, 0.2) is 41.3 Å². The topological polar surface area (TPSA) is 67.6 Å². The van der Waals surface area contributed by atoms with Gasteiger partial charge in [0.05, 0.1) is 18.8 Å². The van der Waals surface area contributed by atoms with E-state index in [2.05, 4.69) is 10.00 Å². The quantitative estimate of drug-likeness (QED) is 0.818. The monoisotopic (exact) mass is 329 g/mol. The zero-order valence-electron chi connectivity index (χ0n) is 13.7. The van der Waals surface area contributed by atoms with E-state index in [0.717, 1.165) is 51.3 Å². The molecular formula is C18H23N3O3. The minimum Gasteiger partial charge on any atom is -0.508 e. The molecule has 6 heteroatoms. The van der Waals surface area contributed by atoms with E-state index in [0.29, 0.717) is 12.1 Å². The maximum atomic E-state index is 12.6. The lowest BCUT2D eigenvalue weighted by atomic mass is 10.1. The lowest BCUT2D eigenvalue weighted by Gasteiger charge is -2.26. The fraction of sp³-hybridized carbons (Fsp3) is 0.444. The van der Waals surface area contributed by atoms with Crippen molar-refractivity contribution in [2.45, 2.75) is 19.4 Å². The van der Waals surface area contributed by atoms with Gasteiger partial charge in [-0.2, -0.15) is 5.10 Å². The molecule has 1 fully saturated rings. The van der Waals surface area contributed by atoms with Gasteiger partial charge in [0.2, 0.25) is 0 Å². The number of rotatable bonds is 6. The number of aromatic hydroxyl groups is 1. The van der Waals surface area contributed by atoms with Gasteiger partial charge in [-0.25, -0.2) is 4.68 Å². The highest BCUT2D eigenvalue weighted by Crippen LogP contribution is 2.18. The fourth-order valence-corrected chi connectivity index (χ4v) is 2.89. The zero-order chi connectivity index (χ0) is 16.8. The van der Waals surface area contributed by atoms with E-state index < -0.39 is 0 Å². The van der Waals surface area contributed by atoms with E-state index in [4.69, 9.17) is 4.74 Å². The van der Waals surface area contributed by atoms with Crippen LogP contribution in [-0.4, -0.2) is 52.6 Å². The Kier molecular flexibility index (Phi) is 5.61. The van der Waals surface area contributed by atoms with E-state index in [1.807, 2.05) is 0 Å². The van der Waals surface area contributed by atoms with Crippen molar-refractivity contribution in [3.05, 3.63) is 46.9 Å². The minimum absolute atomic E-state index is 0.0884. The summed E-state index contributed by atoms with van der Waals surface area (Å²) in [6.45, 7) is 5.28. The predicted molar refractivity (Wildman–Crippen MR) is 92.1 cm³/mol. The van der Waals surface area contributed by atoms with Crippen molar-refractivity contribution in [2.24, 2.45) is 0 Å². The zero-order valence-corrected chi connectivity index (χ0v) is 13.7. The molecule has 1 aromatic heterocycles. The molecular weight excluding hydrogens is 306 g/mol. The molecule has 1 saturated heterocycles. The molecule has 1 aliphatic heterocycles. The van der Waals surface area contributed by atoms with Crippen LogP contribution in [0.1, 0.15) is 12.8 Å². The Balaban J connectivity index is 1.59. The third-order valence-corrected chi connectivity index (χ3v) is 4.29. The van der Waals surface area contributed by atoms with Gasteiger partial charge in [0.15, 0.2) is 0 Å². The Morgan fingerprint density at radius 1 is 1.04 bits per heavy atom. The van der Waals surface area contributed by atoms with Crippen LogP contribution in [0.2, 0.25) is 0 Å². The normalized spacial score (nSPS) is 15.5. The summed E-state index contributed by atoms with van der Waals surface area (Å²) in [5.74, 6) is 0.191. The van der Waals surface area contributed by atoms with Crippen molar-refractivity contribution in [3.8, 4) is 16.9 Å². The smallest absolute Gasteiger partial charge is 0.274 e. The van der Waals surface area contributed by atoms with Crippen LogP contribution < -0.4 is 5.56 Å². The molecule has 1 N–H and O–H groups in total. The second kappa shape index (κ2) is 8.08. The Morgan fingerprint density at radius 2 is 1.75 bits per heavy atom. The number of hydrogen-bond donors (Lipinski definition) is 1. The summed E-state index contributed by atoms with van der Waals surface area (Å²) >= 11 is 0. The highest BCUT2D eigenvalue weighted by Gasteiger charge is 2.10. The molecule has 0 unspecified atom stereocenters. The van der Waals surface area contributed by atoms with Crippen LogP contribution in [0, 0.1) is 0 Å². The summed E-state index contributed by atoms with van der Waals surface area (Å²) in [7, 11) is 0. The molecule has 0 atom stereocenters. The van der Waals surface area contributed by atoms with E-state index in [1.54, 1.807) is 36.5 Å². The first-order valence-electron chi connectivity index (χ1n) is 8.40. The van der Waals surface area contributed by atoms with Crippen molar-refractivity contribution in [1.29, 1.82) is 0 Å². The third kappa shape index (κ3) is 4.21. The van der Waals surface area contributed by atoms with Gasteiger partial charge in [-0.15, -0.1) is 0 Å². The van der Waals surface area contributed by atoms with Crippen molar-refractivity contribution in [3.63, 3.8) is 0 Å². The number of hydrogen-bond acceptors (Lipinski definition) is 5. The molecule has 2 aromatic rings. The highest BCUT2D eigenvalue weighted by molar-refractivity contribution is 5.62. The third-order valence-electron chi connectivity index (χ3n) is 4.29. The van der Waals surface area contributed by atoms with E-state index in [9.17, 15) is 9.90 Å². The summed E-state index contributed by atoms with van der Waals surface area (Å²) in [6, 6.07) is 8.38. The van der Waals surface area contributed by atoms with Gasteiger partial charge in [0.1, 0.15) is 5.75 Å². The fourth-order valence-electron chi connectivity index (χ4n) is 2.89. The molecule has 0 bridgehead atoms. The number of ether oxygens (including phenoxy) is 1. The maximum Gasteiger partial charge on any atom is 0.274 e. The number of unbranched alkanes of at least 4 members (excludes halogenated alkanes) is 1. The van der Waals surface area contributed by atoms with Crippen molar-refractivity contribution in [1.82, 2.24) is 14.7 Å². The Hall–Kier alpha value is -2.18. The summed E-state index contributed by atoms with van der Waals surface area (Å²) in [5, 5.41) is 13.6. The lowest BCUT2D eigenvalue weighted by molar-refractivity contribution is 0.0370. The molecule has 0 radical (unpaired) electrons. The Labute approximate surface area is 141 Å². The van der Waals surface area contributed by atoms with Gasteiger partial charge >= 0.3 is 0 Å². The van der Waals surface area contributed by atoms with Gasteiger partial charge in [-0.05, 0) is 43.1 Å². The lowest BCUT2D eigenvalue weighted by Crippen LogP contribution is -2.37. The molecule has 1 aliphatic rings. The van der Waals surface area contributed by atoms with Crippen molar-refractivity contribution in [2.75, 3.05) is 32.8 Å². The van der Waals surface area contributed by atoms with Crippen LogP contribution in [0.4, 0.5) is 0 Å². The molecule has 0 amide bonds. The summed E-state index contributed by atoms with van der Waals surface area (Å²) in [6.07, 6.45) is 3.62. The largest absolute Gasteiger partial charge is 0.508 e. The molecule has 3 rings (SSSR count). The van der Waals surface area contributed by atoms with Gasteiger partial charge in [0.25, 0.3) is 5.56 Å². The van der Waals surface area contributed by atoms with Crippen LogP contribution in [0.5, 0.6) is 5.75 Å². The first kappa shape index (κ1) is 16.7. The van der Waals surface area contributed by atoms with Crippen molar-refractivity contribution >= 4 is 0 Å². The average molecular weight is 329 g/mol. The number of phenols is 1. The average Bonchev–Trinajstić information content (AvgIpc) is 2.62. The molecule has 1 aromatic carbocycles. The maximum absolute atomic E-state index is 12.6. The molecule has 0 aliphatic carbocycles. The number of benzene rings is 1. The van der Waals surface area contributed by atoms with Gasteiger partial charge in [-0.3, -0.25) is 9.69 Å². The second-order valence-corrected chi connectivity index (χ2v) is 5.98. The Morgan fingerprint density at radius 3 is 2.50 bits per heavy atom. The van der Waals surface area contributed by atoms with Crippen LogP contribution in [-0.2, 0) is 11.3 Å². The van der Waals surface area contributed by atoms with Crippen molar-refractivity contribution < 1.29 is 9.84 Å². The van der Waals surface area contributed by atoms with Crippen LogP contribution in [0.3, 0.4) is 0 Å². The molecule has 2 heterocycles. The summed E-state index contributed by atoms with van der Waals surface area (Å²) in [4.78, 5) is 15.0. The number of morpholine rings is 1. The summed E-state index contributed by atoms with van der Waals surface area (Å²) in [5.41, 5.74) is 1.31. The Bertz CT molecular complexity index is 706. The molecule has 24 heavy (non-hydrogen) atoms. The highest BCUT2D eigenvalue weighted by atomic mass is 16.5. The molecule has 128 valence electrons. The minimum atomic E-state index is -0.0884. The summed E-state index contributed by atoms with van der Waals surface area (Å²) < 4.78 is 6.87.